The molecule has 0 bridgehead atoms. The third kappa shape index (κ3) is 3.39. The highest BCUT2D eigenvalue weighted by Gasteiger charge is 2.61. The van der Waals surface area contributed by atoms with Crippen LogP contribution < -0.4 is 14.4 Å². The summed E-state index contributed by atoms with van der Waals surface area (Å²) in [5, 5.41) is 4.74. The number of hydrogen-bond donors (Lipinski definition) is 0. The van der Waals surface area contributed by atoms with Crippen molar-refractivity contribution in [3.63, 3.8) is 0 Å². The van der Waals surface area contributed by atoms with Gasteiger partial charge in [0, 0.05) is 29.8 Å². The van der Waals surface area contributed by atoms with Crippen LogP contribution in [0, 0.1) is 0 Å². The third-order valence-corrected chi connectivity index (χ3v) is 8.86. The highest BCUT2D eigenvalue weighted by atomic mass is 19.1. The van der Waals surface area contributed by atoms with Crippen molar-refractivity contribution in [1.29, 1.82) is 0 Å². The molecule has 3 saturated carbocycles. The zero-order chi connectivity index (χ0) is 26.5. The van der Waals surface area contributed by atoms with Gasteiger partial charge in [0.1, 0.15) is 5.67 Å². The van der Waals surface area contributed by atoms with E-state index in [1.165, 1.54) is 12.7 Å². The van der Waals surface area contributed by atoms with Gasteiger partial charge in [-0.2, -0.15) is 10.1 Å². The lowest BCUT2D eigenvalue weighted by molar-refractivity contribution is -0.120. The minimum absolute atomic E-state index is 0.0828. The molecule has 3 aromatic heterocycles. The minimum atomic E-state index is -1.22. The molecule has 39 heavy (non-hydrogen) atoms. The van der Waals surface area contributed by atoms with Crippen LogP contribution in [0.3, 0.4) is 0 Å². The molecule has 1 unspecified atom stereocenters. The fourth-order valence-electron chi connectivity index (χ4n) is 6.27. The molecule has 0 radical (unpaired) electrons. The molecule has 8 rings (SSSR count). The first-order chi connectivity index (χ1) is 18.9. The number of benzene rings is 1. The van der Waals surface area contributed by atoms with E-state index in [2.05, 4.69) is 33.2 Å². The summed E-state index contributed by atoms with van der Waals surface area (Å²) in [7, 11) is 3.07. The van der Waals surface area contributed by atoms with Crippen LogP contribution in [0.15, 0.2) is 42.9 Å². The summed E-state index contributed by atoms with van der Waals surface area (Å²) >= 11 is 0. The van der Waals surface area contributed by atoms with E-state index in [0.717, 1.165) is 41.7 Å². The molecule has 4 heterocycles. The van der Waals surface area contributed by atoms with E-state index in [1.54, 1.807) is 28.9 Å². The zero-order valence-corrected chi connectivity index (χ0v) is 21.7. The highest BCUT2D eigenvalue weighted by Crippen LogP contribution is 2.61. The lowest BCUT2D eigenvalue weighted by Gasteiger charge is -2.20. The van der Waals surface area contributed by atoms with Crippen LogP contribution in [0.4, 0.5) is 10.1 Å². The minimum Gasteiger partial charge on any atom is -0.480 e. The number of carbonyl (C=O) groups excluding carboxylic acids is 1. The van der Waals surface area contributed by atoms with E-state index in [1.807, 2.05) is 12.3 Å². The van der Waals surface area contributed by atoms with Crippen LogP contribution in [0.2, 0.25) is 0 Å². The normalized spacial score (nSPS) is 23.3. The van der Waals surface area contributed by atoms with Crippen molar-refractivity contribution in [2.45, 2.75) is 55.0 Å². The molecule has 0 saturated heterocycles. The lowest BCUT2D eigenvalue weighted by atomic mass is 9.95. The van der Waals surface area contributed by atoms with E-state index >= 15 is 0 Å². The maximum absolute atomic E-state index is 14.8. The molecule has 9 nitrogen and oxygen atoms in total. The van der Waals surface area contributed by atoms with Gasteiger partial charge < -0.3 is 14.4 Å². The number of methoxy groups -OCH3 is 2. The number of alkyl halides is 1. The molecular weight excluding hydrogens is 499 g/mol. The van der Waals surface area contributed by atoms with E-state index in [-0.39, 0.29) is 30.3 Å². The number of hydrogen-bond acceptors (Lipinski definition) is 7. The smallest absolute Gasteiger partial charge is 0.319 e. The molecule has 0 N–H and O–H groups in total. The second-order valence-corrected chi connectivity index (χ2v) is 11.3. The van der Waals surface area contributed by atoms with Crippen molar-refractivity contribution in [2.75, 3.05) is 25.7 Å². The van der Waals surface area contributed by atoms with Gasteiger partial charge in [-0.3, -0.25) is 4.79 Å². The second kappa shape index (κ2) is 7.74. The summed E-state index contributed by atoms with van der Waals surface area (Å²) in [5.41, 5.74) is 4.75. The number of imidazole rings is 1. The van der Waals surface area contributed by atoms with Crippen molar-refractivity contribution in [2.24, 2.45) is 0 Å². The Labute approximate surface area is 224 Å². The monoisotopic (exact) mass is 526 g/mol. The summed E-state index contributed by atoms with van der Waals surface area (Å²) < 4.78 is 27.2. The average molecular weight is 527 g/mol. The Balaban J connectivity index is 1.15. The first-order valence-electron chi connectivity index (χ1n) is 13.4. The number of ether oxygens (including phenoxy) is 2. The largest absolute Gasteiger partial charge is 0.480 e. The summed E-state index contributed by atoms with van der Waals surface area (Å²) in [4.78, 5) is 28.2. The molecule has 10 heteroatoms. The number of amides is 1. The average Bonchev–Trinajstić information content (AvgIpc) is 3.90. The van der Waals surface area contributed by atoms with Gasteiger partial charge in [-0.1, -0.05) is 12.1 Å². The summed E-state index contributed by atoms with van der Waals surface area (Å²) in [6.45, 7) is 0.173. The number of nitrogens with zero attached hydrogens (tertiary/aromatic N) is 6. The number of anilines is 1. The van der Waals surface area contributed by atoms with Crippen LogP contribution in [-0.2, 0) is 10.2 Å². The third-order valence-electron chi connectivity index (χ3n) is 8.86. The lowest BCUT2D eigenvalue weighted by Crippen LogP contribution is -2.37. The van der Waals surface area contributed by atoms with Crippen LogP contribution >= 0.6 is 0 Å². The van der Waals surface area contributed by atoms with E-state index in [0.29, 0.717) is 30.0 Å². The van der Waals surface area contributed by atoms with Gasteiger partial charge in [-0.15, -0.1) is 0 Å². The van der Waals surface area contributed by atoms with Crippen LogP contribution in [0.25, 0.3) is 16.9 Å². The van der Waals surface area contributed by atoms with E-state index < -0.39 is 11.1 Å². The van der Waals surface area contributed by atoms with E-state index in [4.69, 9.17) is 14.6 Å². The molecule has 2 atom stereocenters. The first kappa shape index (κ1) is 22.9. The Morgan fingerprint density at radius 3 is 2.67 bits per heavy atom. The number of aromatic nitrogens is 5. The Morgan fingerprint density at radius 2 is 1.92 bits per heavy atom. The van der Waals surface area contributed by atoms with Crippen molar-refractivity contribution < 1.29 is 18.7 Å². The number of rotatable bonds is 7. The SMILES string of the molecule is COc1ncc(-c2cc([C@H]3CC3c3ccc4c(c3)N(CC3(F)CC3)C(=O)C43CC3)c3nccn3n2)c(OC)n1. The van der Waals surface area contributed by atoms with Crippen LogP contribution in [-0.4, -0.2) is 56.9 Å². The molecule has 1 aliphatic heterocycles. The Kier molecular flexibility index (Phi) is 4.54. The van der Waals surface area contributed by atoms with Gasteiger partial charge in [0.25, 0.3) is 0 Å². The van der Waals surface area contributed by atoms with Crippen LogP contribution in [0.5, 0.6) is 11.9 Å². The molecule has 3 aliphatic carbocycles. The Hall–Kier alpha value is -4.08. The second-order valence-electron chi connectivity index (χ2n) is 11.3. The number of carbonyl (C=O) groups is 1. The quantitative estimate of drug-likeness (QED) is 0.353. The van der Waals surface area contributed by atoms with Gasteiger partial charge in [0.15, 0.2) is 5.65 Å². The topological polar surface area (TPSA) is 94.7 Å². The predicted octanol–water partition coefficient (Wildman–Crippen LogP) is 4.35. The van der Waals surface area contributed by atoms with Crippen molar-refractivity contribution in [3.8, 4) is 23.1 Å². The molecule has 198 valence electrons. The standard InChI is InChI=1S/C29H27FN6O3/c1-38-25-20(14-32-27(33-25)39-2)22-13-19(24-31-9-10-36(24)34-22)18-12-17(18)16-3-4-21-23(11-16)35(15-28(30)5-6-28)26(37)29(21)7-8-29/h3-4,9-11,13-14,17-18H,5-8,12,15H2,1-2H3/t17?,18-/m0/s1. The van der Waals surface area contributed by atoms with Gasteiger partial charge in [-0.05, 0) is 67.2 Å². The van der Waals surface area contributed by atoms with Gasteiger partial charge in [-0.25, -0.2) is 18.9 Å². The fraction of sp³-hybridized carbons (Fsp3) is 0.414. The molecule has 4 aliphatic rings. The summed E-state index contributed by atoms with van der Waals surface area (Å²) in [6, 6.07) is 8.68. The molecular formula is C29H27FN6O3. The number of fused-ring (bicyclic) bond motifs is 3. The maximum Gasteiger partial charge on any atom is 0.319 e. The fourth-order valence-corrected chi connectivity index (χ4v) is 6.27. The molecule has 1 spiro atoms. The summed E-state index contributed by atoms with van der Waals surface area (Å²) in [5.74, 6) is 0.967. The number of halogens is 1. The zero-order valence-electron chi connectivity index (χ0n) is 21.7. The maximum atomic E-state index is 14.8. The van der Waals surface area contributed by atoms with Crippen molar-refractivity contribution >= 4 is 17.2 Å². The Morgan fingerprint density at radius 1 is 1.08 bits per heavy atom. The van der Waals surface area contributed by atoms with Crippen LogP contribution in [0.1, 0.15) is 60.6 Å². The van der Waals surface area contributed by atoms with Crippen molar-refractivity contribution in [1.82, 2.24) is 24.6 Å². The Bertz CT molecular complexity index is 1680. The summed E-state index contributed by atoms with van der Waals surface area (Å²) in [6.07, 6.45) is 8.97. The predicted molar refractivity (Wildman–Crippen MR) is 140 cm³/mol. The van der Waals surface area contributed by atoms with E-state index in [9.17, 15) is 9.18 Å². The molecule has 1 amide bonds. The first-order valence-corrected chi connectivity index (χ1v) is 13.4. The molecule has 3 fully saturated rings. The highest BCUT2D eigenvalue weighted by molar-refractivity contribution is 6.10. The van der Waals surface area contributed by atoms with Gasteiger partial charge in [0.2, 0.25) is 11.8 Å². The molecule has 4 aromatic rings. The van der Waals surface area contributed by atoms with Crippen molar-refractivity contribution in [3.05, 3.63) is 59.5 Å². The van der Waals surface area contributed by atoms with Gasteiger partial charge >= 0.3 is 6.01 Å². The molecule has 1 aromatic carbocycles. The van der Waals surface area contributed by atoms with Gasteiger partial charge in [0.05, 0.1) is 37.4 Å².